The molecule has 0 spiro atoms. The fourth-order valence-electron chi connectivity index (χ4n) is 3.59. The van der Waals surface area contributed by atoms with Gasteiger partial charge in [0.15, 0.2) is 0 Å². The van der Waals surface area contributed by atoms with Gasteiger partial charge in [0, 0.05) is 29.9 Å². The molecule has 2 saturated carbocycles. The van der Waals surface area contributed by atoms with E-state index in [1.807, 2.05) is 0 Å². The fourth-order valence-corrected chi connectivity index (χ4v) is 3.59. The lowest BCUT2D eigenvalue weighted by Gasteiger charge is -2.41. The molecule has 7 nitrogen and oxygen atoms in total. The SMILES string of the molecule is Cc1cn(CC(=O)N[C@H]2CC[C@H]2NC2CCCCC2)c(=O)[nH]c1=O. The summed E-state index contributed by atoms with van der Waals surface area (Å²) >= 11 is 0. The van der Waals surface area contributed by atoms with Crippen molar-refractivity contribution in [3.8, 4) is 0 Å². The topological polar surface area (TPSA) is 96.0 Å². The third kappa shape index (κ3) is 3.95. The number of amides is 1. The van der Waals surface area contributed by atoms with E-state index < -0.39 is 11.2 Å². The van der Waals surface area contributed by atoms with Crippen LogP contribution in [0.3, 0.4) is 0 Å². The van der Waals surface area contributed by atoms with Gasteiger partial charge in [-0.2, -0.15) is 0 Å². The molecule has 0 saturated heterocycles. The van der Waals surface area contributed by atoms with Gasteiger partial charge in [0.1, 0.15) is 6.54 Å². The van der Waals surface area contributed by atoms with Crippen LogP contribution in [-0.4, -0.2) is 33.6 Å². The maximum Gasteiger partial charge on any atom is 0.328 e. The molecule has 2 fully saturated rings. The quantitative estimate of drug-likeness (QED) is 0.727. The van der Waals surface area contributed by atoms with Gasteiger partial charge in [0.2, 0.25) is 5.91 Å². The third-order valence-corrected chi connectivity index (χ3v) is 5.18. The van der Waals surface area contributed by atoms with Gasteiger partial charge in [-0.25, -0.2) is 4.79 Å². The van der Waals surface area contributed by atoms with E-state index in [0.29, 0.717) is 17.6 Å². The van der Waals surface area contributed by atoms with Crippen molar-refractivity contribution in [2.24, 2.45) is 0 Å². The number of carbonyl (C=O) groups is 1. The number of hydrogen-bond acceptors (Lipinski definition) is 4. The Kier molecular flexibility index (Phi) is 5.18. The molecule has 0 unspecified atom stereocenters. The molecule has 1 heterocycles. The minimum absolute atomic E-state index is 0.0664. The van der Waals surface area contributed by atoms with Crippen LogP contribution in [0.4, 0.5) is 0 Å². The first-order valence-electron chi connectivity index (χ1n) is 8.88. The molecule has 24 heavy (non-hydrogen) atoms. The maximum absolute atomic E-state index is 12.2. The zero-order valence-corrected chi connectivity index (χ0v) is 14.1. The van der Waals surface area contributed by atoms with Crippen molar-refractivity contribution in [3.05, 3.63) is 32.6 Å². The Hall–Kier alpha value is -1.89. The summed E-state index contributed by atoms with van der Waals surface area (Å²) in [7, 11) is 0. The molecule has 0 aliphatic heterocycles. The summed E-state index contributed by atoms with van der Waals surface area (Å²) < 4.78 is 1.24. The van der Waals surface area contributed by atoms with Crippen LogP contribution in [0, 0.1) is 6.92 Å². The van der Waals surface area contributed by atoms with Crippen LogP contribution in [0.15, 0.2) is 15.8 Å². The molecule has 7 heteroatoms. The van der Waals surface area contributed by atoms with E-state index in [9.17, 15) is 14.4 Å². The van der Waals surface area contributed by atoms with E-state index in [-0.39, 0.29) is 18.5 Å². The van der Waals surface area contributed by atoms with E-state index >= 15 is 0 Å². The number of H-pyrrole nitrogens is 1. The van der Waals surface area contributed by atoms with Gasteiger partial charge in [-0.05, 0) is 32.6 Å². The summed E-state index contributed by atoms with van der Waals surface area (Å²) in [6.45, 7) is 1.55. The molecule has 3 rings (SSSR count). The highest BCUT2D eigenvalue weighted by Gasteiger charge is 2.33. The number of nitrogens with one attached hydrogen (secondary N) is 3. The molecule has 2 aliphatic rings. The number of aromatic amines is 1. The Morgan fingerprint density at radius 1 is 1.17 bits per heavy atom. The lowest BCUT2D eigenvalue weighted by Crippen LogP contribution is -2.59. The average Bonchev–Trinajstić information content (AvgIpc) is 2.55. The second kappa shape index (κ2) is 7.34. The molecule has 1 aromatic rings. The molecule has 1 amide bonds. The Morgan fingerprint density at radius 3 is 2.54 bits per heavy atom. The van der Waals surface area contributed by atoms with Crippen molar-refractivity contribution in [3.63, 3.8) is 0 Å². The Morgan fingerprint density at radius 2 is 1.88 bits per heavy atom. The fraction of sp³-hybridized carbons (Fsp3) is 0.706. The van der Waals surface area contributed by atoms with Gasteiger partial charge in [-0.15, -0.1) is 0 Å². The zero-order chi connectivity index (χ0) is 17.1. The number of aryl methyl sites for hydroxylation is 1. The van der Waals surface area contributed by atoms with Crippen LogP contribution in [0.1, 0.15) is 50.5 Å². The maximum atomic E-state index is 12.2. The first-order chi connectivity index (χ1) is 11.5. The summed E-state index contributed by atoms with van der Waals surface area (Å²) in [5.41, 5.74) is -0.540. The Labute approximate surface area is 140 Å². The highest BCUT2D eigenvalue weighted by atomic mass is 16.2. The van der Waals surface area contributed by atoms with E-state index in [0.717, 1.165) is 12.8 Å². The normalized spacial score (nSPS) is 24.4. The van der Waals surface area contributed by atoms with Crippen LogP contribution in [-0.2, 0) is 11.3 Å². The number of nitrogens with zero attached hydrogens (tertiary/aromatic N) is 1. The molecule has 2 aliphatic carbocycles. The predicted octanol–water partition coefficient (Wildman–Crippen LogP) is 0.415. The standard InChI is InChI=1S/C17H26N4O3/c1-11-9-21(17(24)20-16(11)23)10-15(22)19-14-8-7-13(14)18-12-5-3-2-4-6-12/h9,12-14,18H,2-8,10H2,1H3,(H,19,22)(H,20,23,24)/t13-,14+/m1/s1. The number of carbonyl (C=O) groups excluding carboxylic acids is 1. The zero-order valence-electron chi connectivity index (χ0n) is 14.1. The lowest BCUT2D eigenvalue weighted by molar-refractivity contribution is -0.123. The van der Waals surface area contributed by atoms with E-state index in [1.165, 1.54) is 42.9 Å². The molecule has 0 bridgehead atoms. The number of aromatic nitrogens is 2. The summed E-state index contributed by atoms with van der Waals surface area (Å²) in [4.78, 5) is 37.5. The summed E-state index contributed by atoms with van der Waals surface area (Å²) in [6.07, 6.45) is 9.84. The summed E-state index contributed by atoms with van der Waals surface area (Å²) in [5, 5.41) is 6.68. The second-order valence-electron chi connectivity index (χ2n) is 7.06. The van der Waals surface area contributed by atoms with Crippen molar-refractivity contribution in [2.75, 3.05) is 0 Å². The number of rotatable bonds is 5. The van der Waals surface area contributed by atoms with Gasteiger partial charge in [0.05, 0.1) is 0 Å². The smallest absolute Gasteiger partial charge is 0.328 e. The molecule has 3 N–H and O–H groups in total. The Balaban J connectivity index is 1.52. The molecule has 132 valence electrons. The van der Waals surface area contributed by atoms with Crippen molar-refractivity contribution in [2.45, 2.75) is 76.5 Å². The third-order valence-electron chi connectivity index (χ3n) is 5.18. The van der Waals surface area contributed by atoms with Gasteiger partial charge >= 0.3 is 5.69 Å². The molecular formula is C17H26N4O3. The molecule has 1 aromatic heterocycles. The van der Waals surface area contributed by atoms with E-state index in [1.54, 1.807) is 6.92 Å². The second-order valence-corrected chi connectivity index (χ2v) is 7.06. The molecule has 0 radical (unpaired) electrons. The van der Waals surface area contributed by atoms with Crippen molar-refractivity contribution >= 4 is 5.91 Å². The lowest BCUT2D eigenvalue weighted by atomic mass is 9.84. The number of hydrogen-bond donors (Lipinski definition) is 3. The van der Waals surface area contributed by atoms with Gasteiger partial charge in [-0.1, -0.05) is 19.3 Å². The minimum Gasteiger partial charge on any atom is -0.350 e. The first-order valence-corrected chi connectivity index (χ1v) is 8.88. The largest absolute Gasteiger partial charge is 0.350 e. The van der Waals surface area contributed by atoms with Crippen LogP contribution in [0.2, 0.25) is 0 Å². The van der Waals surface area contributed by atoms with Crippen LogP contribution >= 0.6 is 0 Å². The monoisotopic (exact) mass is 334 g/mol. The first kappa shape index (κ1) is 17.0. The van der Waals surface area contributed by atoms with E-state index in [2.05, 4.69) is 15.6 Å². The summed E-state index contributed by atoms with van der Waals surface area (Å²) in [5.74, 6) is -0.191. The van der Waals surface area contributed by atoms with E-state index in [4.69, 9.17) is 0 Å². The summed E-state index contributed by atoms with van der Waals surface area (Å²) in [6, 6.07) is 1.05. The molecular weight excluding hydrogens is 308 g/mol. The average molecular weight is 334 g/mol. The predicted molar refractivity (Wildman–Crippen MR) is 91.0 cm³/mol. The van der Waals surface area contributed by atoms with Gasteiger partial charge < -0.3 is 10.6 Å². The van der Waals surface area contributed by atoms with Crippen molar-refractivity contribution in [1.82, 2.24) is 20.2 Å². The molecule has 2 atom stereocenters. The minimum atomic E-state index is -0.550. The molecule has 0 aromatic carbocycles. The van der Waals surface area contributed by atoms with Crippen molar-refractivity contribution in [1.29, 1.82) is 0 Å². The van der Waals surface area contributed by atoms with Crippen LogP contribution in [0.25, 0.3) is 0 Å². The Bertz CT molecular complexity index is 703. The van der Waals surface area contributed by atoms with Crippen molar-refractivity contribution < 1.29 is 4.79 Å². The highest BCUT2D eigenvalue weighted by molar-refractivity contribution is 5.76. The van der Waals surface area contributed by atoms with Gasteiger partial charge in [-0.3, -0.25) is 19.1 Å². The van der Waals surface area contributed by atoms with Crippen LogP contribution in [0.5, 0.6) is 0 Å². The van der Waals surface area contributed by atoms with Gasteiger partial charge in [0.25, 0.3) is 5.56 Å². The van der Waals surface area contributed by atoms with Crippen LogP contribution < -0.4 is 21.9 Å². The highest BCUT2D eigenvalue weighted by Crippen LogP contribution is 2.24.